The Balaban J connectivity index is 2.93. The summed E-state index contributed by atoms with van der Waals surface area (Å²) in [6, 6.07) is 0. The molecule has 0 bridgehead atoms. The zero-order valence-electron chi connectivity index (χ0n) is 8.33. The molecule has 0 heterocycles. The summed E-state index contributed by atoms with van der Waals surface area (Å²) >= 11 is 0. The van der Waals surface area contributed by atoms with Crippen molar-refractivity contribution in [2.24, 2.45) is 10.8 Å². The predicted octanol–water partition coefficient (Wildman–Crippen LogP) is 3.78. The van der Waals surface area contributed by atoms with Crippen molar-refractivity contribution in [2.75, 3.05) is 0 Å². The largest absolute Gasteiger partial charge is 0.0996 e. The van der Waals surface area contributed by atoms with E-state index in [0.717, 1.165) is 0 Å². The van der Waals surface area contributed by atoms with Gasteiger partial charge in [-0.1, -0.05) is 39.3 Å². The fourth-order valence-corrected chi connectivity index (χ4v) is 2.29. The van der Waals surface area contributed by atoms with Crippen LogP contribution in [0.5, 0.6) is 0 Å². The summed E-state index contributed by atoms with van der Waals surface area (Å²) in [5.41, 5.74) is 2.23. The minimum Gasteiger partial charge on any atom is -0.0996 e. The van der Waals surface area contributed by atoms with Crippen molar-refractivity contribution in [1.82, 2.24) is 0 Å². The van der Waals surface area contributed by atoms with Gasteiger partial charge in [0.05, 0.1) is 0 Å². The molecule has 64 valence electrons. The van der Waals surface area contributed by atoms with E-state index in [1.54, 1.807) is 0 Å². The van der Waals surface area contributed by atoms with Gasteiger partial charge in [-0.05, 0) is 30.6 Å². The maximum Gasteiger partial charge on any atom is -0.00707 e. The minimum absolute atomic E-state index is 0.396. The predicted molar refractivity (Wildman–Crippen MR) is 50.6 cm³/mol. The Morgan fingerprint density at radius 1 is 1.18 bits per heavy atom. The SMILES string of the molecule is C=C(C)C1(C)CCCC1(C)C. The van der Waals surface area contributed by atoms with Crippen LogP contribution in [-0.4, -0.2) is 0 Å². The summed E-state index contributed by atoms with van der Waals surface area (Å²) in [6.45, 7) is 13.4. The Morgan fingerprint density at radius 2 is 1.73 bits per heavy atom. The van der Waals surface area contributed by atoms with Crippen molar-refractivity contribution >= 4 is 0 Å². The summed E-state index contributed by atoms with van der Waals surface area (Å²) in [5.74, 6) is 0. The lowest BCUT2D eigenvalue weighted by molar-refractivity contribution is 0.178. The van der Waals surface area contributed by atoms with Gasteiger partial charge in [-0.15, -0.1) is 0 Å². The monoisotopic (exact) mass is 152 g/mol. The molecule has 0 saturated heterocycles. The van der Waals surface area contributed by atoms with Gasteiger partial charge in [0.1, 0.15) is 0 Å². The van der Waals surface area contributed by atoms with Crippen LogP contribution in [0.15, 0.2) is 12.2 Å². The van der Waals surface area contributed by atoms with Gasteiger partial charge in [-0.3, -0.25) is 0 Å². The molecule has 1 atom stereocenters. The third-order valence-electron chi connectivity index (χ3n) is 3.91. The molecule has 0 radical (unpaired) electrons. The molecule has 0 N–H and O–H groups in total. The van der Waals surface area contributed by atoms with E-state index in [0.29, 0.717) is 10.8 Å². The third-order valence-corrected chi connectivity index (χ3v) is 3.91. The highest BCUT2D eigenvalue weighted by atomic mass is 14.5. The number of rotatable bonds is 1. The van der Waals surface area contributed by atoms with Crippen LogP contribution in [0, 0.1) is 10.8 Å². The summed E-state index contributed by atoms with van der Waals surface area (Å²) in [6.07, 6.45) is 4.06. The smallest absolute Gasteiger partial charge is 0.00707 e. The summed E-state index contributed by atoms with van der Waals surface area (Å²) in [5, 5.41) is 0. The molecule has 0 aromatic rings. The first kappa shape index (κ1) is 8.83. The van der Waals surface area contributed by atoms with Gasteiger partial charge in [0.2, 0.25) is 0 Å². The molecule has 0 spiro atoms. The highest BCUT2D eigenvalue weighted by molar-refractivity contribution is 5.14. The molecular weight excluding hydrogens is 132 g/mol. The van der Waals surface area contributed by atoms with Gasteiger partial charge >= 0.3 is 0 Å². The van der Waals surface area contributed by atoms with E-state index in [4.69, 9.17) is 0 Å². The van der Waals surface area contributed by atoms with E-state index in [-0.39, 0.29) is 0 Å². The maximum atomic E-state index is 4.10. The van der Waals surface area contributed by atoms with Crippen molar-refractivity contribution in [1.29, 1.82) is 0 Å². The van der Waals surface area contributed by atoms with Gasteiger partial charge in [0, 0.05) is 0 Å². The van der Waals surface area contributed by atoms with Gasteiger partial charge in [-0.25, -0.2) is 0 Å². The molecule has 1 unspecified atom stereocenters. The molecule has 0 aromatic heterocycles. The summed E-state index contributed by atoms with van der Waals surface area (Å²) in [7, 11) is 0. The lowest BCUT2D eigenvalue weighted by atomic mass is 9.66. The van der Waals surface area contributed by atoms with Crippen LogP contribution in [0.4, 0.5) is 0 Å². The van der Waals surface area contributed by atoms with E-state index in [2.05, 4.69) is 34.3 Å². The van der Waals surface area contributed by atoms with Gasteiger partial charge in [-0.2, -0.15) is 0 Å². The number of allylic oxidation sites excluding steroid dienone is 1. The van der Waals surface area contributed by atoms with Crippen molar-refractivity contribution < 1.29 is 0 Å². The van der Waals surface area contributed by atoms with Gasteiger partial charge < -0.3 is 0 Å². The van der Waals surface area contributed by atoms with E-state index in [1.165, 1.54) is 24.8 Å². The summed E-state index contributed by atoms with van der Waals surface area (Å²) in [4.78, 5) is 0. The average molecular weight is 152 g/mol. The van der Waals surface area contributed by atoms with Crippen LogP contribution in [0.2, 0.25) is 0 Å². The zero-order chi connectivity index (χ0) is 8.70. The highest BCUT2D eigenvalue weighted by Gasteiger charge is 2.45. The minimum atomic E-state index is 0.396. The van der Waals surface area contributed by atoms with E-state index >= 15 is 0 Å². The van der Waals surface area contributed by atoms with Gasteiger partial charge in [0.25, 0.3) is 0 Å². The Labute approximate surface area is 70.7 Å². The fraction of sp³-hybridized carbons (Fsp3) is 0.818. The molecule has 1 fully saturated rings. The van der Waals surface area contributed by atoms with Crippen LogP contribution in [0.3, 0.4) is 0 Å². The highest BCUT2D eigenvalue weighted by Crippen LogP contribution is 2.55. The molecule has 1 rings (SSSR count). The standard InChI is InChI=1S/C11H20/c1-9(2)11(5)8-6-7-10(11,3)4/h1,6-8H2,2-5H3. The van der Waals surface area contributed by atoms with Crippen molar-refractivity contribution in [3.05, 3.63) is 12.2 Å². The maximum absolute atomic E-state index is 4.10. The second-order valence-electron chi connectivity index (χ2n) is 4.85. The number of hydrogen-bond donors (Lipinski definition) is 0. The van der Waals surface area contributed by atoms with Gasteiger partial charge in [0.15, 0.2) is 0 Å². The molecule has 0 heteroatoms. The molecular formula is C11H20. The van der Waals surface area contributed by atoms with Crippen LogP contribution >= 0.6 is 0 Å². The first-order valence-electron chi connectivity index (χ1n) is 4.56. The van der Waals surface area contributed by atoms with Crippen molar-refractivity contribution in [2.45, 2.75) is 47.0 Å². The molecule has 1 aliphatic carbocycles. The lowest BCUT2D eigenvalue weighted by Gasteiger charge is -2.39. The van der Waals surface area contributed by atoms with Crippen molar-refractivity contribution in [3.63, 3.8) is 0 Å². The Bertz CT molecular complexity index is 176. The molecule has 0 aliphatic heterocycles. The zero-order valence-corrected chi connectivity index (χ0v) is 8.33. The van der Waals surface area contributed by atoms with E-state index in [1.807, 2.05) is 0 Å². The Morgan fingerprint density at radius 3 is 1.91 bits per heavy atom. The molecule has 11 heavy (non-hydrogen) atoms. The molecule has 1 aliphatic rings. The van der Waals surface area contributed by atoms with Crippen LogP contribution < -0.4 is 0 Å². The topological polar surface area (TPSA) is 0 Å². The fourth-order valence-electron chi connectivity index (χ4n) is 2.29. The second kappa shape index (κ2) is 2.36. The number of hydrogen-bond acceptors (Lipinski definition) is 0. The molecule has 0 nitrogen and oxygen atoms in total. The van der Waals surface area contributed by atoms with Crippen LogP contribution in [0.25, 0.3) is 0 Å². The van der Waals surface area contributed by atoms with E-state index < -0.39 is 0 Å². The van der Waals surface area contributed by atoms with Crippen LogP contribution in [-0.2, 0) is 0 Å². The molecule has 1 saturated carbocycles. The Kier molecular flexibility index (Phi) is 1.90. The van der Waals surface area contributed by atoms with Crippen LogP contribution in [0.1, 0.15) is 47.0 Å². The summed E-state index contributed by atoms with van der Waals surface area (Å²) < 4.78 is 0. The molecule has 0 amide bonds. The Hall–Kier alpha value is -0.260. The van der Waals surface area contributed by atoms with Crippen molar-refractivity contribution in [3.8, 4) is 0 Å². The quantitative estimate of drug-likeness (QED) is 0.502. The first-order valence-corrected chi connectivity index (χ1v) is 4.56. The third kappa shape index (κ3) is 1.13. The second-order valence-corrected chi connectivity index (χ2v) is 4.85. The first-order chi connectivity index (χ1) is 4.90. The normalized spacial score (nSPS) is 35.6. The van der Waals surface area contributed by atoms with E-state index in [9.17, 15) is 0 Å². The lowest BCUT2D eigenvalue weighted by Crippen LogP contribution is -2.30. The molecule has 0 aromatic carbocycles. The average Bonchev–Trinajstić information content (AvgIpc) is 2.09.